The lowest BCUT2D eigenvalue weighted by atomic mass is 9.98. The summed E-state index contributed by atoms with van der Waals surface area (Å²) in [5, 5.41) is 5.71. The van der Waals surface area contributed by atoms with E-state index in [-0.39, 0.29) is 24.5 Å². The van der Waals surface area contributed by atoms with Gasteiger partial charge in [0.1, 0.15) is 18.1 Å². The van der Waals surface area contributed by atoms with Crippen LogP contribution in [0, 0.1) is 0 Å². The fraction of sp³-hybridized carbons (Fsp3) is 0.346. The molecule has 1 saturated heterocycles. The molecule has 0 bridgehead atoms. The van der Waals surface area contributed by atoms with Crippen molar-refractivity contribution in [2.75, 3.05) is 45.8 Å². The van der Waals surface area contributed by atoms with E-state index in [1.54, 1.807) is 24.5 Å². The molecule has 8 nitrogen and oxygen atoms in total. The van der Waals surface area contributed by atoms with Crippen molar-refractivity contribution in [1.82, 2.24) is 9.88 Å². The van der Waals surface area contributed by atoms with Gasteiger partial charge in [-0.05, 0) is 30.5 Å². The number of aromatic nitrogens is 1. The monoisotopic (exact) mass is 495 g/mol. The van der Waals surface area contributed by atoms with E-state index in [1.165, 1.54) is 11.3 Å². The number of anilines is 1. The summed E-state index contributed by atoms with van der Waals surface area (Å²) in [5.74, 6) is 0.602. The van der Waals surface area contributed by atoms with Gasteiger partial charge in [-0.15, -0.1) is 11.3 Å². The number of rotatable bonds is 8. The molecule has 0 atom stereocenters. The van der Waals surface area contributed by atoms with Gasteiger partial charge < -0.3 is 24.4 Å². The van der Waals surface area contributed by atoms with Crippen molar-refractivity contribution in [3.05, 3.63) is 64.6 Å². The zero-order valence-electron chi connectivity index (χ0n) is 19.9. The number of ether oxygens (including phenoxy) is 3. The first kappa shape index (κ1) is 24.7. The molecule has 2 aromatic carbocycles. The second kappa shape index (κ2) is 11.8. The highest BCUT2D eigenvalue weighted by molar-refractivity contribution is 7.10. The molecular formula is C26H29N3O5S. The zero-order chi connectivity index (χ0) is 24.6. The molecule has 0 saturated carbocycles. The van der Waals surface area contributed by atoms with Gasteiger partial charge in [-0.2, -0.15) is 0 Å². The van der Waals surface area contributed by atoms with Gasteiger partial charge in [-0.25, -0.2) is 9.78 Å². The summed E-state index contributed by atoms with van der Waals surface area (Å²) in [5.41, 5.74) is 2.94. The van der Waals surface area contributed by atoms with E-state index in [0.29, 0.717) is 36.8 Å². The van der Waals surface area contributed by atoms with Gasteiger partial charge >= 0.3 is 6.09 Å². The minimum Gasteiger partial charge on any atom is -0.497 e. The Balaban J connectivity index is 1.40. The lowest BCUT2D eigenvalue weighted by molar-refractivity contribution is 0.0659. The highest BCUT2D eigenvalue weighted by Crippen LogP contribution is 2.33. The van der Waals surface area contributed by atoms with Crippen molar-refractivity contribution in [2.45, 2.75) is 18.8 Å². The summed E-state index contributed by atoms with van der Waals surface area (Å²) >= 11 is 1.48. The Hall–Kier alpha value is -3.43. The van der Waals surface area contributed by atoms with Crippen LogP contribution < -0.4 is 10.1 Å². The Bertz CT molecular complexity index is 1140. The van der Waals surface area contributed by atoms with Crippen LogP contribution in [0.3, 0.4) is 0 Å². The van der Waals surface area contributed by atoms with Crippen molar-refractivity contribution < 1.29 is 23.8 Å². The number of carbonyl (C=O) groups excluding carboxylic acids is 2. The summed E-state index contributed by atoms with van der Waals surface area (Å²) in [7, 11) is 3.17. The molecule has 4 rings (SSSR count). The van der Waals surface area contributed by atoms with Crippen molar-refractivity contribution in [3.63, 3.8) is 0 Å². The number of carbonyl (C=O) groups is 2. The molecule has 35 heavy (non-hydrogen) atoms. The SMILES string of the molecule is COCCOC(=O)N1CCC(c2nc(C(=O)Nc3cc(OC)ccc3-c3ccccc3)cs2)CC1. The minimum absolute atomic E-state index is 0.210. The standard InChI is InChI=1S/C26H29N3O5S/c1-32-14-15-34-26(31)29-12-10-19(11-13-29)25-28-23(17-35-25)24(30)27-22-16-20(33-2)8-9-21(22)18-6-4-3-5-7-18/h3-9,16-17,19H,10-15H2,1-2H3,(H,27,30). The Labute approximate surface area is 208 Å². The van der Waals surface area contributed by atoms with Crippen LogP contribution in [0.4, 0.5) is 10.5 Å². The number of methoxy groups -OCH3 is 2. The summed E-state index contributed by atoms with van der Waals surface area (Å²) in [4.78, 5) is 31.5. The first-order valence-electron chi connectivity index (χ1n) is 11.5. The topological polar surface area (TPSA) is 90.0 Å². The van der Waals surface area contributed by atoms with Gasteiger partial charge in [0, 0.05) is 43.1 Å². The average molecular weight is 496 g/mol. The Kier molecular flexibility index (Phi) is 8.33. The van der Waals surface area contributed by atoms with Crippen LogP contribution in [-0.2, 0) is 9.47 Å². The van der Waals surface area contributed by atoms with Gasteiger partial charge in [0.25, 0.3) is 5.91 Å². The molecule has 0 spiro atoms. The van der Waals surface area contributed by atoms with Gasteiger partial charge in [0.15, 0.2) is 0 Å². The molecule has 3 aromatic rings. The molecule has 184 valence electrons. The molecule has 0 unspecified atom stereocenters. The molecule has 1 aliphatic rings. The van der Waals surface area contributed by atoms with Crippen LogP contribution in [0.2, 0.25) is 0 Å². The maximum atomic E-state index is 13.1. The predicted octanol–water partition coefficient (Wildman–Crippen LogP) is 5.03. The molecule has 1 aliphatic heterocycles. The molecule has 0 radical (unpaired) electrons. The summed E-state index contributed by atoms with van der Waals surface area (Å²) in [6, 6.07) is 15.5. The normalized spacial score (nSPS) is 13.9. The maximum absolute atomic E-state index is 13.1. The molecule has 9 heteroatoms. The first-order valence-corrected chi connectivity index (χ1v) is 12.4. The van der Waals surface area contributed by atoms with Crippen LogP contribution in [0.15, 0.2) is 53.9 Å². The van der Waals surface area contributed by atoms with E-state index < -0.39 is 0 Å². The zero-order valence-corrected chi connectivity index (χ0v) is 20.7. The van der Waals surface area contributed by atoms with E-state index in [2.05, 4.69) is 10.3 Å². The van der Waals surface area contributed by atoms with Gasteiger partial charge in [0.2, 0.25) is 0 Å². The van der Waals surface area contributed by atoms with E-state index >= 15 is 0 Å². The van der Waals surface area contributed by atoms with Crippen LogP contribution in [-0.4, -0.2) is 62.4 Å². The van der Waals surface area contributed by atoms with Gasteiger partial charge in [0.05, 0.1) is 24.4 Å². The smallest absolute Gasteiger partial charge is 0.409 e. The molecule has 1 N–H and O–H groups in total. The third-order valence-corrected chi connectivity index (χ3v) is 6.94. The quantitative estimate of drug-likeness (QED) is 0.441. The maximum Gasteiger partial charge on any atom is 0.409 e. The molecule has 0 aliphatic carbocycles. The Morgan fingerprint density at radius 1 is 1.09 bits per heavy atom. The van der Waals surface area contributed by atoms with Gasteiger partial charge in [-0.1, -0.05) is 30.3 Å². The highest BCUT2D eigenvalue weighted by atomic mass is 32.1. The Morgan fingerprint density at radius 2 is 1.86 bits per heavy atom. The fourth-order valence-electron chi connectivity index (χ4n) is 4.00. The van der Waals surface area contributed by atoms with Crippen LogP contribution in [0.5, 0.6) is 5.75 Å². The highest BCUT2D eigenvalue weighted by Gasteiger charge is 2.27. The second-order valence-corrected chi connectivity index (χ2v) is 9.06. The van der Waals surface area contributed by atoms with E-state index in [0.717, 1.165) is 29.0 Å². The summed E-state index contributed by atoms with van der Waals surface area (Å²) < 4.78 is 15.5. The minimum atomic E-state index is -0.313. The van der Waals surface area contributed by atoms with Gasteiger partial charge in [-0.3, -0.25) is 4.79 Å². The van der Waals surface area contributed by atoms with Crippen LogP contribution in [0.1, 0.15) is 34.3 Å². The number of hydrogen-bond donors (Lipinski definition) is 1. The number of likely N-dealkylation sites (tertiary alicyclic amines) is 1. The number of piperidine rings is 1. The van der Waals surface area contributed by atoms with Crippen molar-refractivity contribution >= 4 is 29.0 Å². The molecule has 2 heterocycles. The number of thiazole rings is 1. The van der Waals surface area contributed by atoms with Crippen molar-refractivity contribution in [2.24, 2.45) is 0 Å². The fourth-order valence-corrected chi connectivity index (χ4v) is 4.97. The lowest BCUT2D eigenvalue weighted by Gasteiger charge is -2.30. The number of amides is 2. The third kappa shape index (κ3) is 6.17. The largest absolute Gasteiger partial charge is 0.497 e. The second-order valence-electron chi connectivity index (χ2n) is 8.17. The van der Waals surface area contributed by atoms with Crippen LogP contribution >= 0.6 is 11.3 Å². The molecule has 2 amide bonds. The predicted molar refractivity (Wildman–Crippen MR) is 135 cm³/mol. The average Bonchev–Trinajstić information content (AvgIpc) is 3.40. The molecule has 1 aromatic heterocycles. The van der Waals surface area contributed by atoms with Crippen molar-refractivity contribution in [1.29, 1.82) is 0 Å². The molecular weight excluding hydrogens is 466 g/mol. The Morgan fingerprint density at radius 3 is 2.57 bits per heavy atom. The number of nitrogens with one attached hydrogen (secondary N) is 1. The van der Waals surface area contributed by atoms with Crippen LogP contribution in [0.25, 0.3) is 11.1 Å². The summed E-state index contributed by atoms with van der Waals surface area (Å²) in [6.07, 6.45) is 1.25. The molecule has 1 fully saturated rings. The number of hydrogen-bond acceptors (Lipinski definition) is 7. The van der Waals surface area contributed by atoms with E-state index in [1.807, 2.05) is 48.5 Å². The number of benzene rings is 2. The van der Waals surface area contributed by atoms with E-state index in [9.17, 15) is 9.59 Å². The van der Waals surface area contributed by atoms with E-state index in [4.69, 9.17) is 14.2 Å². The third-order valence-electron chi connectivity index (χ3n) is 5.93. The lowest BCUT2D eigenvalue weighted by Crippen LogP contribution is -2.38. The summed E-state index contributed by atoms with van der Waals surface area (Å²) in [6.45, 7) is 1.83. The van der Waals surface area contributed by atoms with Crippen molar-refractivity contribution in [3.8, 4) is 16.9 Å². The first-order chi connectivity index (χ1) is 17.1. The number of nitrogens with zero attached hydrogens (tertiary/aromatic N) is 2.